The van der Waals surface area contributed by atoms with Crippen LogP contribution in [0.1, 0.15) is 42.2 Å². The van der Waals surface area contributed by atoms with Crippen molar-refractivity contribution in [3.63, 3.8) is 0 Å². The Kier molecular flexibility index (Phi) is 4.75. The third kappa shape index (κ3) is 3.64. The van der Waals surface area contributed by atoms with Crippen LogP contribution in [0, 0.1) is 24.5 Å². The van der Waals surface area contributed by atoms with Gasteiger partial charge in [-0.05, 0) is 67.0 Å². The topological polar surface area (TPSA) is 0 Å². The summed E-state index contributed by atoms with van der Waals surface area (Å²) in [5.41, 5.74) is 0.937. The molecule has 25 heavy (non-hydrogen) atoms. The lowest BCUT2D eigenvalue weighted by molar-refractivity contribution is -0.134. The van der Waals surface area contributed by atoms with Crippen molar-refractivity contribution >= 4 is 16.9 Å². The molecule has 0 saturated heterocycles. The standard InChI is InChI=1S/C19H17F5S/c1-10-3-5-12(6-4-10)13-8-14(20)17(15(21)9-13)16-7-11(2)18(25-16)19(22,23)24/h5,7-10H,3-4,6H2,1-2H3. The van der Waals surface area contributed by atoms with Crippen molar-refractivity contribution in [1.29, 1.82) is 0 Å². The molecule has 0 nitrogen and oxygen atoms in total. The van der Waals surface area contributed by atoms with E-state index in [0.717, 1.165) is 24.8 Å². The van der Waals surface area contributed by atoms with Crippen LogP contribution >= 0.6 is 11.3 Å². The van der Waals surface area contributed by atoms with Crippen molar-refractivity contribution in [2.45, 2.75) is 39.3 Å². The average molecular weight is 372 g/mol. The van der Waals surface area contributed by atoms with E-state index in [1.54, 1.807) is 0 Å². The molecule has 1 atom stereocenters. The van der Waals surface area contributed by atoms with Gasteiger partial charge in [-0.25, -0.2) is 8.78 Å². The molecular weight excluding hydrogens is 355 g/mol. The zero-order chi connectivity index (χ0) is 18.4. The molecule has 0 bridgehead atoms. The second-order valence-electron chi connectivity index (χ2n) is 6.54. The zero-order valence-corrected chi connectivity index (χ0v) is 14.6. The minimum atomic E-state index is -4.52. The molecule has 1 heterocycles. The fraction of sp³-hybridized carbons (Fsp3) is 0.368. The quantitative estimate of drug-likeness (QED) is 0.488. The Morgan fingerprint density at radius 3 is 2.20 bits per heavy atom. The molecule has 1 aromatic carbocycles. The van der Waals surface area contributed by atoms with Crippen molar-refractivity contribution in [1.82, 2.24) is 0 Å². The molecule has 0 radical (unpaired) electrons. The van der Waals surface area contributed by atoms with Gasteiger partial charge in [-0.15, -0.1) is 11.3 Å². The van der Waals surface area contributed by atoms with E-state index < -0.39 is 28.3 Å². The maximum atomic E-state index is 14.5. The van der Waals surface area contributed by atoms with Gasteiger partial charge in [-0.2, -0.15) is 13.2 Å². The second-order valence-corrected chi connectivity index (χ2v) is 7.60. The maximum absolute atomic E-state index is 14.5. The molecule has 0 amide bonds. The first kappa shape index (κ1) is 18.1. The molecule has 1 aliphatic carbocycles. The van der Waals surface area contributed by atoms with E-state index in [2.05, 4.69) is 6.92 Å². The number of allylic oxidation sites excluding steroid dienone is 2. The van der Waals surface area contributed by atoms with Crippen molar-refractivity contribution in [2.75, 3.05) is 0 Å². The zero-order valence-electron chi connectivity index (χ0n) is 13.8. The van der Waals surface area contributed by atoms with Gasteiger partial charge in [0.2, 0.25) is 0 Å². The van der Waals surface area contributed by atoms with Gasteiger partial charge in [-0.1, -0.05) is 13.0 Å². The molecule has 1 aliphatic rings. The lowest BCUT2D eigenvalue weighted by Gasteiger charge is -2.19. The smallest absolute Gasteiger partial charge is 0.206 e. The minimum absolute atomic E-state index is 0.0284. The van der Waals surface area contributed by atoms with Gasteiger partial charge < -0.3 is 0 Å². The second kappa shape index (κ2) is 6.56. The Hall–Kier alpha value is -1.69. The summed E-state index contributed by atoms with van der Waals surface area (Å²) in [6, 6.07) is 3.64. The molecule has 1 aromatic heterocycles. The highest BCUT2D eigenvalue weighted by molar-refractivity contribution is 7.15. The molecule has 0 N–H and O–H groups in total. The van der Waals surface area contributed by atoms with E-state index >= 15 is 0 Å². The largest absolute Gasteiger partial charge is 0.425 e. The number of rotatable bonds is 2. The predicted molar refractivity (Wildman–Crippen MR) is 90.4 cm³/mol. The number of halogens is 5. The molecule has 0 fully saturated rings. The SMILES string of the molecule is Cc1cc(-c2c(F)cc(C3=CCC(C)CC3)cc2F)sc1C(F)(F)F. The summed E-state index contributed by atoms with van der Waals surface area (Å²) in [5.74, 6) is -1.11. The summed E-state index contributed by atoms with van der Waals surface area (Å²) in [7, 11) is 0. The normalized spacial score (nSPS) is 18.4. The molecule has 3 rings (SSSR count). The van der Waals surface area contributed by atoms with Crippen LogP contribution in [0.2, 0.25) is 0 Å². The third-order valence-electron chi connectivity index (χ3n) is 4.51. The Labute approximate surface area is 147 Å². The Morgan fingerprint density at radius 2 is 1.72 bits per heavy atom. The summed E-state index contributed by atoms with van der Waals surface area (Å²) < 4.78 is 67.8. The average Bonchev–Trinajstić information content (AvgIpc) is 2.89. The van der Waals surface area contributed by atoms with Crippen LogP contribution in [0.15, 0.2) is 24.3 Å². The molecule has 0 saturated carbocycles. The van der Waals surface area contributed by atoms with Gasteiger partial charge in [-0.3, -0.25) is 0 Å². The van der Waals surface area contributed by atoms with E-state index in [0.29, 0.717) is 22.8 Å². The van der Waals surface area contributed by atoms with Crippen LogP contribution in [-0.2, 0) is 6.18 Å². The first-order valence-corrected chi connectivity index (χ1v) is 8.85. The number of hydrogen-bond acceptors (Lipinski definition) is 1. The summed E-state index contributed by atoms with van der Waals surface area (Å²) >= 11 is 0.370. The highest BCUT2D eigenvalue weighted by atomic mass is 32.1. The molecule has 1 unspecified atom stereocenters. The van der Waals surface area contributed by atoms with Crippen molar-refractivity contribution in [2.24, 2.45) is 5.92 Å². The van der Waals surface area contributed by atoms with Crippen LogP contribution in [0.3, 0.4) is 0 Å². The van der Waals surface area contributed by atoms with Crippen LogP contribution in [0.4, 0.5) is 22.0 Å². The van der Waals surface area contributed by atoms with Crippen molar-refractivity contribution in [3.8, 4) is 10.4 Å². The fourth-order valence-corrected chi connectivity index (χ4v) is 4.20. The molecule has 2 aromatic rings. The van der Waals surface area contributed by atoms with Gasteiger partial charge in [0.1, 0.15) is 16.5 Å². The Morgan fingerprint density at radius 1 is 1.08 bits per heavy atom. The van der Waals surface area contributed by atoms with Crippen LogP contribution in [-0.4, -0.2) is 0 Å². The summed E-state index contributed by atoms with van der Waals surface area (Å²) in [5, 5.41) is 0. The van der Waals surface area contributed by atoms with Gasteiger partial charge >= 0.3 is 6.18 Å². The lowest BCUT2D eigenvalue weighted by atomic mass is 9.87. The summed E-state index contributed by atoms with van der Waals surface area (Å²) in [6.07, 6.45) is 0.0214. The first-order chi connectivity index (χ1) is 11.7. The highest BCUT2D eigenvalue weighted by Gasteiger charge is 2.35. The van der Waals surface area contributed by atoms with E-state index in [4.69, 9.17) is 0 Å². The highest BCUT2D eigenvalue weighted by Crippen LogP contribution is 2.43. The number of alkyl halides is 3. The van der Waals surface area contributed by atoms with Crippen molar-refractivity contribution < 1.29 is 22.0 Å². The first-order valence-electron chi connectivity index (χ1n) is 8.03. The van der Waals surface area contributed by atoms with Gasteiger partial charge in [0.25, 0.3) is 0 Å². The minimum Gasteiger partial charge on any atom is -0.206 e. The van der Waals surface area contributed by atoms with Crippen LogP contribution in [0.25, 0.3) is 16.0 Å². The predicted octanol–water partition coefficient (Wildman–Crippen LogP) is 7.22. The number of thiophene rings is 1. The van der Waals surface area contributed by atoms with E-state index in [-0.39, 0.29) is 10.4 Å². The van der Waals surface area contributed by atoms with E-state index in [1.807, 2.05) is 6.08 Å². The number of aryl methyl sites for hydroxylation is 1. The number of hydrogen-bond donors (Lipinski definition) is 0. The molecule has 6 heteroatoms. The maximum Gasteiger partial charge on any atom is 0.425 e. The molecule has 0 aliphatic heterocycles. The summed E-state index contributed by atoms with van der Waals surface area (Å²) in [6.45, 7) is 3.41. The Balaban J connectivity index is 2.02. The van der Waals surface area contributed by atoms with Gasteiger partial charge in [0.05, 0.1) is 5.56 Å². The van der Waals surface area contributed by atoms with Crippen LogP contribution in [0.5, 0.6) is 0 Å². The lowest BCUT2D eigenvalue weighted by Crippen LogP contribution is -2.03. The third-order valence-corrected chi connectivity index (χ3v) is 5.81. The molecule has 0 spiro atoms. The fourth-order valence-electron chi connectivity index (χ4n) is 3.11. The molecular formula is C19H17F5S. The van der Waals surface area contributed by atoms with Crippen molar-refractivity contribution in [3.05, 3.63) is 51.9 Å². The monoisotopic (exact) mass is 372 g/mol. The molecule has 134 valence electrons. The Bertz CT molecular complexity index is 806. The van der Waals surface area contributed by atoms with Gasteiger partial charge in [0, 0.05) is 4.88 Å². The summed E-state index contributed by atoms with van der Waals surface area (Å²) in [4.78, 5) is -0.869. The van der Waals surface area contributed by atoms with E-state index in [9.17, 15) is 22.0 Å². The van der Waals surface area contributed by atoms with Crippen LogP contribution < -0.4 is 0 Å². The van der Waals surface area contributed by atoms with E-state index in [1.165, 1.54) is 25.1 Å². The number of benzene rings is 1. The van der Waals surface area contributed by atoms with Gasteiger partial charge in [0.15, 0.2) is 0 Å².